The van der Waals surface area contributed by atoms with E-state index in [1.54, 1.807) is 0 Å². The predicted molar refractivity (Wildman–Crippen MR) is 72.9 cm³/mol. The average molecular weight is 261 g/mol. The number of rotatable bonds is 9. The van der Waals surface area contributed by atoms with Gasteiger partial charge in [-0.25, -0.2) is 8.42 Å². The van der Waals surface area contributed by atoms with Gasteiger partial charge in [0.05, 0.1) is 5.75 Å². The second-order valence-corrected chi connectivity index (χ2v) is 7.55. The third kappa shape index (κ3) is 5.38. The maximum Gasteiger partial charge on any atom is 0.150 e. The van der Waals surface area contributed by atoms with Crippen LogP contribution in [0.15, 0.2) is 0 Å². The second kappa shape index (κ2) is 7.37. The molecule has 0 aliphatic heterocycles. The quantitative estimate of drug-likeness (QED) is 0.647. The SMILES string of the molecule is CCCNCC1CCC1CCS(=O)(=O)CCC. The molecule has 1 saturated carbocycles. The van der Waals surface area contributed by atoms with E-state index in [-0.39, 0.29) is 0 Å². The van der Waals surface area contributed by atoms with Gasteiger partial charge in [-0.3, -0.25) is 0 Å². The lowest BCUT2D eigenvalue weighted by Gasteiger charge is -2.37. The molecule has 2 atom stereocenters. The highest BCUT2D eigenvalue weighted by atomic mass is 32.2. The van der Waals surface area contributed by atoms with Crippen LogP contribution in [0.1, 0.15) is 46.0 Å². The van der Waals surface area contributed by atoms with Crippen LogP contribution >= 0.6 is 0 Å². The van der Waals surface area contributed by atoms with Crippen LogP contribution < -0.4 is 5.32 Å². The third-order valence-electron chi connectivity index (χ3n) is 3.72. The molecule has 2 unspecified atom stereocenters. The van der Waals surface area contributed by atoms with Gasteiger partial charge in [-0.1, -0.05) is 13.8 Å². The minimum Gasteiger partial charge on any atom is -0.316 e. The van der Waals surface area contributed by atoms with Crippen LogP contribution in [0.3, 0.4) is 0 Å². The van der Waals surface area contributed by atoms with E-state index in [9.17, 15) is 8.42 Å². The fourth-order valence-corrected chi connectivity index (χ4v) is 3.98. The molecule has 3 nitrogen and oxygen atoms in total. The monoisotopic (exact) mass is 261 g/mol. The molecule has 1 aliphatic carbocycles. The standard InChI is InChI=1S/C13H27NO2S/c1-3-8-14-11-13-6-5-12(13)7-10-17(15,16)9-4-2/h12-14H,3-11H2,1-2H3. The van der Waals surface area contributed by atoms with Crippen molar-refractivity contribution in [1.29, 1.82) is 0 Å². The van der Waals surface area contributed by atoms with Crippen molar-refractivity contribution in [2.45, 2.75) is 46.0 Å². The van der Waals surface area contributed by atoms with E-state index in [1.165, 1.54) is 19.3 Å². The van der Waals surface area contributed by atoms with Crippen LogP contribution in [0.25, 0.3) is 0 Å². The fourth-order valence-electron chi connectivity index (χ4n) is 2.50. The maximum atomic E-state index is 11.6. The van der Waals surface area contributed by atoms with E-state index in [0.29, 0.717) is 17.4 Å². The molecule has 17 heavy (non-hydrogen) atoms. The van der Waals surface area contributed by atoms with E-state index >= 15 is 0 Å². The fraction of sp³-hybridized carbons (Fsp3) is 1.00. The van der Waals surface area contributed by atoms with Crippen molar-refractivity contribution in [2.24, 2.45) is 11.8 Å². The summed E-state index contributed by atoms with van der Waals surface area (Å²) in [7, 11) is -2.77. The van der Waals surface area contributed by atoms with Gasteiger partial charge in [-0.2, -0.15) is 0 Å². The summed E-state index contributed by atoms with van der Waals surface area (Å²) in [6.45, 7) is 6.25. The Labute approximate surface area is 106 Å². The topological polar surface area (TPSA) is 46.2 Å². The van der Waals surface area contributed by atoms with E-state index in [2.05, 4.69) is 12.2 Å². The van der Waals surface area contributed by atoms with Crippen LogP contribution in [-0.2, 0) is 9.84 Å². The van der Waals surface area contributed by atoms with Gasteiger partial charge in [0, 0.05) is 5.75 Å². The van der Waals surface area contributed by atoms with Crippen molar-refractivity contribution >= 4 is 9.84 Å². The molecule has 1 aliphatic rings. The van der Waals surface area contributed by atoms with Crippen molar-refractivity contribution in [2.75, 3.05) is 24.6 Å². The zero-order chi connectivity index (χ0) is 12.7. The smallest absolute Gasteiger partial charge is 0.150 e. The highest BCUT2D eigenvalue weighted by molar-refractivity contribution is 7.91. The summed E-state index contributed by atoms with van der Waals surface area (Å²) < 4.78 is 23.3. The molecule has 0 amide bonds. The van der Waals surface area contributed by atoms with Crippen molar-refractivity contribution in [1.82, 2.24) is 5.32 Å². The first-order valence-corrected chi connectivity index (χ1v) is 8.82. The summed E-state index contributed by atoms with van der Waals surface area (Å²) in [5.41, 5.74) is 0. The van der Waals surface area contributed by atoms with Gasteiger partial charge in [-0.15, -0.1) is 0 Å². The zero-order valence-corrected chi connectivity index (χ0v) is 12.1. The average Bonchev–Trinajstić information content (AvgIpc) is 2.22. The Balaban J connectivity index is 2.19. The molecule has 0 aromatic heterocycles. The Morgan fingerprint density at radius 2 is 1.76 bits per heavy atom. The summed E-state index contributed by atoms with van der Waals surface area (Å²) in [6.07, 6.45) is 5.28. The van der Waals surface area contributed by atoms with Gasteiger partial charge in [0.2, 0.25) is 0 Å². The van der Waals surface area contributed by atoms with Gasteiger partial charge in [0.1, 0.15) is 9.84 Å². The molecular weight excluding hydrogens is 234 g/mol. The van der Waals surface area contributed by atoms with Gasteiger partial charge in [0.25, 0.3) is 0 Å². The van der Waals surface area contributed by atoms with E-state index < -0.39 is 9.84 Å². The van der Waals surface area contributed by atoms with E-state index in [0.717, 1.165) is 31.8 Å². The molecule has 0 aromatic carbocycles. The number of hydrogen-bond donors (Lipinski definition) is 1. The van der Waals surface area contributed by atoms with E-state index in [4.69, 9.17) is 0 Å². The largest absolute Gasteiger partial charge is 0.316 e. The first-order valence-electron chi connectivity index (χ1n) is 7.00. The molecule has 1 rings (SSSR count). The summed E-state index contributed by atoms with van der Waals surface area (Å²) >= 11 is 0. The van der Waals surface area contributed by atoms with Crippen LogP contribution in [0.5, 0.6) is 0 Å². The number of nitrogens with one attached hydrogen (secondary N) is 1. The van der Waals surface area contributed by atoms with Crippen LogP contribution in [0.2, 0.25) is 0 Å². The molecule has 0 aromatic rings. The van der Waals surface area contributed by atoms with Crippen molar-refractivity contribution in [3.63, 3.8) is 0 Å². The molecule has 0 radical (unpaired) electrons. The van der Waals surface area contributed by atoms with Crippen molar-refractivity contribution in [3.05, 3.63) is 0 Å². The van der Waals surface area contributed by atoms with Crippen LogP contribution in [-0.4, -0.2) is 33.0 Å². The summed E-state index contributed by atoms with van der Waals surface area (Å²) in [6, 6.07) is 0. The Kier molecular flexibility index (Phi) is 6.49. The zero-order valence-electron chi connectivity index (χ0n) is 11.2. The lowest BCUT2D eigenvalue weighted by atomic mass is 9.72. The highest BCUT2D eigenvalue weighted by Crippen LogP contribution is 2.36. The molecule has 4 heteroatoms. The molecule has 0 bridgehead atoms. The molecule has 0 spiro atoms. The van der Waals surface area contributed by atoms with Crippen LogP contribution in [0.4, 0.5) is 0 Å². The number of sulfone groups is 1. The minimum atomic E-state index is -2.77. The van der Waals surface area contributed by atoms with Gasteiger partial charge >= 0.3 is 0 Å². The Morgan fingerprint density at radius 3 is 2.29 bits per heavy atom. The summed E-state index contributed by atoms with van der Waals surface area (Å²) in [5, 5.41) is 3.44. The predicted octanol–water partition coefficient (Wildman–Crippen LogP) is 2.23. The van der Waals surface area contributed by atoms with Gasteiger partial charge < -0.3 is 5.32 Å². The van der Waals surface area contributed by atoms with Crippen molar-refractivity contribution < 1.29 is 8.42 Å². The first-order chi connectivity index (χ1) is 8.09. The van der Waals surface area contributed by atoms with Gasteiger partial charge in [0.15, 0.2) is 0 Å². The minimum absolute atomic E-state index is 0.360. The third-order valence-corrected chi connectivity index (χ3v) is 5.61. The molecule has 1 fully saturated rings. The maximum absolute atomic E-state index is 11.6. The summed E-state index contributed by atoms with van der Waals surface area (Å²) in [5.74, 6) is 2.12. The van der Waals surface area contributed by atoms with Crippen LogP contribution in [0, 0.1) is 11.8 Å². The van der Waals surface area contributed by atoms with E-state index in [1.807, 2.05) is 6.92 Å². The Morgan fingerprint density at radius 1 is 1.06 bits per heavy atom. The normalized spacial score (nSPS) is 24.6. The second-order valence-electron chi connectivity index (χ2n) is 5.24. The molecule has 102 valence electrons. The molecule has 0 saturated heterocycles. The molecule has 0 heterocycles. The Bertz CT molecular complexity index is 301. The number of hydrogen-bond acceptors (Lipinski definition) is 3. The lowest BCUT2D eigenvalue weighted by Crippen LogP contribution is -2.36. The molecular formula is C13H27NO2S. The summed E-state index contributed by atoms with van der Waals surface area (Å²) in [4.78, 5) is 0. The molecule has 1 N–H and O–H groups in total. The lowest BCUT2D eigenvalue weighted by molar-refractivity contribution is 0.167. The Hall–Kier alpha value is -0.0900. The highest BCUT2D eigenvalue weighted by Gasteiger charge is 2.30. The van der Waals surface area contributed by atoms with Crippen molar-refractivity contribution in [3.8, 4) is 0 Å². The van der Waals surface area contributed by atoms with Gasteiger partial charge in [-0.05, 0) is 57.0 Å². The first kappa shape index (κ1) is 15.0.